The summed E-state index contributed by atoms with van der Waals surface area (Å²) in [6, 6.07) is 16.4. The van der Waals surface area contributed by atoms with Gasteiger partial charge >= 0.3 is 0 Å². The number of anilines is 2. The molecule has 0 atom stereocenters. The summed E-state index contributed by atoms with van der Waals surface area (Å²) in [6.07, 6.45) is 3.57. The second kappa shape index (κ2) is 10.2. The highest BCUT2D eigenvalue weighted by Gasteiger charge is 1.98. The Morgan fingerprint density at radius 2 is 1.04 bits per heavy atom. The van der Waals surface area contributed by atoms with E-state index >= 15 is 0 Å². The van der Waals surface area contributed by atoms with Gasteiger partial charge in [0, 0.05) is 39.6 Å². The summed E-state index contributed by atoms with van der Waals surface area (Å²) in [7, 11) is 8.09. The molecule has 0 heterocycles. The van der Waals surface area contributed by atoms with Crippen molar-refractivity contribution in [3.63, 3.8) is 0 Å². The number of hydrogen-bond donors (Lipinski definition) is 2. The van der Waals surface area contributed by atoms with E-state index in [2.05, 4.69) is 55.1 Å². The van der Waals surface area contributed by atoms with Crippen LogP contribution < -0.4 is 20.7 Å². The molecule has 2 aromatic carbocycles. The molecule has 0 aliphatic carbocycles. The molecule has 2 aromatic rings. The van der Waals surface area contributed by atoms with Gasteiger partial charge in [0.25, 0.3) is 0 Å². The molecular weight excluding hydrogens is 348 g/mol. The average Bonchev–Trinajstić information content (AvgIpc) is 2.67. The number of allylic oxidation sites excluding steroid dienone is 1. The van der Waals surface area contributed by atoms with E-state index in [0.29, 0.717) is 0 Å². The zero-order chi connectivity index (χ0) is 20.5. The third-order valence-electron chi connectivity index (χ3n) is 4.10. The Hall–Kier alpha value is -3.28. The van der Waals surface area contributed by atoms with Crippen LogP contribution in [0.15, 0.2) is 70.1 Å². The summed E-state index contributed by atoms with van der Waals surface area (Å²) in [5.74, 6) is 0.752. The van der Waals surface area contributed by atoms with Crippen molar-refractivity contribution >= 4 is 23.8 Å². The van der Waals surface area contributed by atoms with E-state index in [1.165, 1.54) is 0 Å². The van der Waals surface area contributed by atoms with Gasteiger partial charge in [-0.05, 0) is 54.8 Å². The molecular formula is C22H30N6. The maximum atomic E-state index is 4.31. The van der Waals surface area contributed by atoms with Crippen molar-refractivity contribution in [1.82, 2.24) is 10.9 Å². The van der Waals surface area contributed by atoms with E-state index < -0.39 is 0 Å². The maximum Gasteiger partial charge on any atom is 0.138 e. The fraction of sp³-hybridized carbons (Fsp3) is 0.273. The van der Waals surface area contributed by atoms with Crippen LogP contribution in [0.5, 0.6) is 0 Å². The van der Waals surface area contributed by atoms with Crippen LogP contribution >= 0.6 is 0 Å². The zero-order valence-electron chi connectivity index (χ0n) is 17.6. The molecule has 0 aliphatic rings. The second-order valence-electron chi connectivity index (χ2n) is 7.09. The van der Waals surface area contributed by atoms with Crippen LogP contribution in [0.3, 0.4) is 0 Å². The fourth-order valence-electron chi connectivity index (χ4n) is 2.31. The smallest absolute Gasteiger partial charge is 0.138 e. The topological polar surface area (TPSA) is 55.3 Å². The predicted octanol–water partition coefficient (Wildman–Crippen LogP) is 3.62. The van der Waals surface area contributed by atoms with Gasteiger partial charge in [0.05, 0.1) is 12.4 Å². The number of hydrazone groups is 2. The summed E-state index contributed by atoms with van der Waals surface area (Å²) in [6.45, 7) is 4.00. The first-order chi connectivity index (χ1) is 13.4. The van der Waals surface area contributed by atoms with Crippen LogP contribution in [0.4, 0.5) is 11.4 Å². The Morgan fingerprint density at radius 3 is 1.32 bits per heavy atom. The van der Waals surface area contributed by atoms with Crippen molar-refractivity contribution in [2.75, 3.05) is 38.0 Å². The molecule has 6 nitrogen and oxygen atoms in total. The molecule has 0 bridgehead atoms. The number of hydrogen-bond acceptors (Lipinski definition) is 6. The average molecular weight is 379 g/mol. The molecule has 0 unspecified atom stereocenters. The van der Waals surface area contributed by atoms with Crippen LogP contribution in [0.2, 0.25) is 0 Å². The van der Waals surface area contributed by atoms with Crippen LogP contribution in [-0.2, 0) is 0 Å². The fourth-order valence-corrected chi connectivity index (χ4v) is 2.31. The van der Waals surface area contributed by atoms with Crippen molar-refractivity contribution in [2.24, 2.45) is 10.2 Å². The van der Waals surface area contributed by atoms with Crippen LogP contribution in [0.1, 0.15) is 25.0 Å². The van der Waals surface area contributed by atoms with Gasteiger partial charge in [0.1, 0.15) is 5.82 Å². The quantitative estimate of drug-likeness (QED) is 0.544. The van der Waals surface area contributed by atoms with Gasteiger partial charge in [-0.1, -0.05) is 24.3 Å². The number of nitrogens with one attached hydrogen (secondary N) is 2. The highest BCUT2D eigenvalue weighted by atomic mass is 15.4. The minimum Gasteiger partial charge on any atom is -0.378 e. The zero-order valence-corrected chi connectivity index (χ0v) is 17.6. The minimum atomic E-state index is 0.752. The standard InChI is InChI=1S/C22H30N6/c1-17(2)22(25-23-15-18-7-11-20(12-8-18)27(3)4)26-24-16-19-9-13-21(14-10-19)28(5)6/h7-16,25-26H,1-6H3/b23-15+,24-16+. The van der Waals surface area contributed by atoms with Crippen molar-refractivity contribution in [3.05, 3.63) is 71.1 Å². The lowest BCUT2D eigenvalue weighted by atomic mass is 10.2. The summed E-state index contributed by atoms with van der Waals surface area (Å²) in [5, 5.41) is 8.61. The molecule has 0 aromatic heterocycles. The van der Waals surface area contributed by atoms with E-state index in [0.717, 1.165) is 33.9 Å². The largest absolute Gasteiger partial charge is 0.378 e. The molecule has 0 spiro atoms. The monoisotopic (exact) mass is 378 g/mol. The van der Waals surface area contributed by atoms with Gasteiger partial charge in [0.2, 0.25) is 0 Å². The van der Waals surface area contributed by atoms with Gasteiger partial charge in [-0.15, -0.1) is 0 Å². The SMILES string of the molecule is CC(C)=C(N/N=C/c1ccc(N(C)C)cc1)N/N=C/c1ccc(N(C)C)cc1. The lowest BCUT2D eigenvalue weighted by molar-refractivity contribution is 0.730. The summed E-state index contributed by atoms with van der Waals surface area (Å²) in [5.41, 5.74) is 11.5. The highest BCUT2D eigenvalue weighted by molar-refractivity contribution is 5.80. The van der Waals surface area contributed by atoms with Gasteiger partial charge in [-0.3, -0.25) is 10.9 Å². The maximum absolute atomic E-state index is 4.31. The van der Waals surface area contributed by atoms with E-state index in [-0.39, 0.29) is 0 Å². The van der Waals surface area contributed by atoms with Gasteiger partial charge in [-0.2, -0.15) is 10.2 Å². The molecule has 2 N–H and O–H groups in total. The molecule has 148 valence electrons. The predicted molar refractivity (Wildman–Crippen MR) is 121 cm³/mol. The van der Waals surface area contributed by atoms with Crippen LogP contribution in [-0.4, -0.2) is 40.6 Å². The van der Waals surface area contributed by atoms with E-state index in [4.69, 9.17) is 0 Å². The number of benzene rings is 2. The summed E-state index contributed by atoms with van der Waals surface area (Å²) < 4.78 is 0. The highest BCUT2D eigenvalue weighted by Crippen LogP contribution is 2.11. The summed E-state index contributed by atoms with van der Waals surface area (Å²) in [4.78, 5) is 4.13. The van der Waals surface area contributed by atoms with E-state index in [1.807, 2.05) is 66.3 Å². The second-order valence-corrected chi connectivity index (χ2v) is 7.09. The lowest BCUT2D eigenvalue weighted by Gasteiger charge is -2.12. The Kier molecular flexibility index (Phi) is 7.63. The first-order valence-electron chi connectivity index (χ1n) is 9.17. The molecule has 6 heteroatoms. The van der Waals surface area contributed by atoms with Crippen molar-refractivity contribution in [2.45, 2.75) is 13.8 Å². The van der Waals surface area contributed by atoms with Gasteiger partial charge < -0.3 is 9.80 Å². The molecule has 0 saturated heterocycles. The molecule has 0 aliphatic heterocycles. The number of nitrogens with zero attached hydrogens (tertiary/aromatic N) is 4. The lowest BCUT2D eigenvalue weighted by Crippen LogP contribution is -2.20. The Bertz CT molecular complexity index is 761. The molecule has 28 heavy (non-hydrogen) atoms. The first-order valence-corrected chi connectivity index (χ1v) is 9.17. The molecule has 2 rings (SSSR count). The Morgan fingerprint density at radius 1 is 0.679 bits per heavy atom. The van der Waals surface area contributed by atoms with E-state index in [1.54, 1.807) is 12.4 Å². The molecule has 0 amide bonds. The normalized spacial score (nSPS) is 10.9. The molecule has 0 saturated carbocycles. The third-order valence-corrected chi connectivity index (χ3v) is 4.10. The summed E-state index contributed by atoms with van der Waals surface area (Å²) >= 11 is 0. The molecule has 0 fully saturated rings. The van der Waals surface area contributed by atoms with Crippen LogP contribution in [0, 0.1) is 0 Å². The first kappa shape index (κ1) is 21.0. The van der Waals surface area contributed by atoms with Crippen molar-refractivity contribution < 1.29 is 0 Å². The minimum absolute atomic E-state index is 0.752. The third kappa shape index (κ3) is 6.46. The van der Waals surface area contributed by atoms with Crippen LogP contribution in [0.25, 0.3) is 0 Å². The Balaban J connectivity index is 1.93. The van der Waals surface area contributed by atoms with Gasteiger partial charge in [0.15, 0.2) is 0 Å². The van der Waals surface area contributed by atoms with Crippen molar-refractivity contribution in [1.29, 1.82) is 0 Å². The Labute approximate surface area is 168 Å². The van der Waals surface area contributed by atoms with Crippen molar-refractivity contribution in [3.8, 4) is 0 Å². The number of rotatable bonds is 8. The molecule has 0 radical (unpaired) electrons. The van der Waals surface area contributed by atoms with Gasteiger partial charge in [-0.25, -0.2) is 0 Å². The van der Waals surface area contributed by atoms with E-state index in [9.17, 15) is 0 Å².